The number of allylic oxidation sites excluding steroid dienone is 3. The Morgan fingerprint density at radius 3 is 2.30 bits per heavy atom. The van der Waals surface area contributed by atoms with Crippen molar-refractivity contribution in [3.8, 4) is 0 Å². The largest absolute Gasteiger partial charge is 0.416 e. The summed E-state index contributed by atoms with van der Waals surface area (Å²) in [7, 11) is 0. The average Bonchev–Trinajstić information content (AvgIpc) is 2.62. The summed E-state index contributed by atoms with van der Waals surface area (Å²) in [5.41, 5.74) is 3.08. The summed E-state index contributed by atoms with van der Waals surface area (Å²) < 4.78 is 82.4. The average molecular weight is 437 g/mol. The Balaban J connectivity index is 2.39. The Kier molecular flexibility index (Phi) is 10.1. The first-order chi connectivity index (χ1) is 13.9. The number of ether oxygens (including phenoxy) is 1. The zero-order chi connectivity index (χ0) is 22.8. The fourth-order valence-corrected chi connectivity index (χ4v) is 2.68. The van der Waals surface area contributed by atoms with Crippen molar-refractivity contribution < 1.29 is 35.9 Å². The summed E-state index contributed by atoms with van der Waals surface area (Å²) in [4.78, 5) is 10.6. The van der Waals surface area contributed by atoms with Gasteiger partial charge in [0.1, 0.15) is 0 Å². The molecule has 0 spiro atoms. The second-order valence-corrected chi connectivity index (χ2v) is 6.86. The summed E-state index contributed by atoms with van der Waals surface area (Å²) in [6.45, 7) is 1.74. The second kappa shape index (κ2) is 11.8. The van der Waals surface area contributed by atoms with Gasteiger partial charge >= 0.3 is 12.4 Å². The van der Waals surface area contributed by atoms with E-state index in [0.29, 0.717) is 12.5 Å². The number of hydrogen-bond donors (Lipinski definition) is 1. The normalized spacial score (nSPS) is 13.2. The molecule has 0 atom stereocenters. The third-order valence-corrected chi connectivity index (χ3v) is 4.25. The Hall–Kier alpha value is -2.29. The van der Waals surface area contributed by atoms with E-state index in [1.54, 1.807) is 12.2 Å². The minimum Gasteiger partial charge on any atom is -0.377 e. The van der Waals surface area contributed by atoms with Crippen molar-refractivity contribution in [3.63, 3.8) is 0 Å². The first kappa shape index (κ1) is 25.7. The molecule has 0 bridgehead atoms. The first-order valence-corrected chi connectivity index (χ1v) is 9.39. The molecule has 0 heterocycles. The fourth-order valence-electron chi connectivity index (χ4n) is 2.68. The quantitative estimate of drug-likeness (QED) is 0.195. The lowest BCUT2D eigenvalue weighted by Gasteiger charge is -2.16. The van der Waals surface area contributed by atoms with E-state index in [9.17, 15) is 31.1 Å². The minimum atomic E-state index is -4.89. The molecule has 1 amide bonds. The highest BCUT2D eigenvalue weighted by molar-refractivity contribution is 5.86. The number of unbranched alkanes of at least 4 members (excludes halogenated alkanes) is 3. The molecule has 0 radical (unpaired) electrons. The number of hydrogen-bond acceptors (Lipinski definition) is 2. The van der Waals surface area contributed by atoms with Crippen LogP contribution in [0.25, 0.3) is 0 Å². The van der Waals surface area contributed by atoms with Gasteiger partial charge in [-0.1, -0.05) is 36.6 Å². The number of carbonyl (C=O) groups excluding carboxylic acids is 1. The second-order valence-electron chi connectivity index (χ2n) is 6.86. The number of carbonyl (C=O) groups is 1. The summed E-state index contributed by atoms with van der Waals surface area (Å²) in [6, 6.07) is 1.56. The number of halogens is 6. The summed E-state index contributed by atoms with van der Waals surface area (Å²) >= 11 is 0. The Morgan fingerprint density at radius 1 is 1.03 bits per heavy atom. The maximum Gasteiger partial charge on any atom is 0.416 e. The molecule has 0 saturated carbocycles. The highest BCUT2D eigenvalue weighted by atomic mass is 19.4. The Morgan fingerprint density at radius 2 is 1.70 bits per heavy atom. The zero-order valence-electron chi connectivity index (χ0n) is 16.6. The lowest BCUT2D eigenvalue weighted by molar-refractivity contribution is -0.143. The van der Waals surface area contributed by atoms with Crippen molar-refractivity contribution in [1.29, 1.82) is 0 Å². The number of alkyl halides is 6. The molecule has 1 rings (SSSR count). The molecule has 0 aliphatic rings. The van der Waals surface area contributed by atoms with Crippen molar-refractivity contribution in [3.05, 3.63) is 58.7 Å². The maximum atomic E-state index is 13.1. The molecule has 3 nitrogen and oxygen atoms in total. The molecular weight excluding hydrogens is 412 g/mol. The standard InChI is InChI=1S/C21H25F6NO2/c1-15(8-6-9-19(28)29)7-4-2-3-5-12-30-14-16-10-11-17(20(22,23)24)13-18(16)21(25,26)27/h6,8-11,13H,2-5,7,12,14H2,1H3,(H2,28,29)/b9-6+,15-8+. The van der Waals surface area contributed by atoms with Crippen molar-refractivity contribution >= 4 is 5.91 Å². The number of rotatable bonds is 11. The van der Waals surface area contributed by atoms with Crippen LogP contribution in [-0.4, -0.2) is 12.5 Å². The highest BCUT2D eigenvalue weighted by Crippen LogP contribution is 2.37. The van der Waals surface area contributed by atoms with E-state index in [1.165, 1.54) is 6.08 Å². The van der Waals surface area contributed by atoms with Crippen LogP contribution in [0.2, 0.25) is 0 Å². The van der Waals surface area contributed by atoms with E-state index in [1.807, 2.05) is 6.92 Å². The van der Waals surface area contributed by atoms with Gasteiger partial charge in [-0.2, -0.15) is 26.3 Å². The molecule has 0 aliphatic carbocycles. The third-order valence-electron chi connectivity index (χ3n) is 4.25. The van der Waals surface area contributed by atoms with Gasteiger partial charge < -0.3 is 10.5 Å². The van der Waals surface area contributed by atoms with Gasteiger partial charge in [0.25, 0.3) is 0 Å². The predicted molar refractivity (Wildman–Crippen MR) is 101 cm³/mol. The Labute approximate surface area is 171 Å². The van der Waals surface area contributed by atoms with Gasteiger partial charge in [-0.25, -0.2) is 0 Å². The van der Waals surface area contributed by atoms with Crippen LogP contribution >= 0.6 is 0 Å². The third kappa shape index (κ3) is 9.96. The SMILES string of the molecule is C/C(=C\C=C\C(N)=O)CCCCCCOCc1ccc(C(F)(F)F)cc1C(F)(F)F. The van der Waals surface area contributed by atoms with Crippen LogP contribution < -0.4 is 5.73 Å². The summed E-state index contributed by atoms with van der Waals surface area (Å²) in [5.74, 6) is -0.516. The molecule has 9 heteroatoms. The minimum absolute atomic E-state index is 0.118. The van der Waals surface area contributed by atoms with Gasteiger partial charge in [0.15, 0.2) is 0 Å². The van der Waals surface area contributed by atoms with Crippen molar-refractivity contribution in [1.82, 2.24) is 0 Å². The van der Waals surface area contributed by atoms with E-state index in [2.05, 4.69) is 0 Å². The van der Waals surface area contributed by atoms with Crippen LogP contribution in [0.15, 0.2) is 42.0 Å². The number of primary amides is 1. The van der Waals surface area contributed by atoms with Crippen LogP contribution in [0.3, 0.4) is 0 Å². The van der Waals surface area contributed by atoms with E-state index in [0.717, 1.165) is 37.3 Å². The van der Waals surface area contributed by atoms with Gasteiger partial charge in [-0.3, -0.25) is 4.79 Å². The van der Waals surface area contributed by atoms with Crippen molar-refractivity contribution in [2.24, 2.45) is 5.73 Å². The van der Waals surface area contributed by atoms with Crippen LogP contribution in [0, 0.1) is 0 Å². The highest BCUT2D eigenvalue weighted by Gasteiger charge is 2.38. The number of benzene rings is 1. The maximum absolute atomic E-state index is 13.1. The lowest BCUT2D eigenvalue weighted by Crippen LogP contribution is -2.14. The van der Waals surface area contributed by atoms with E-state index < -0.39 is 36.0 Å². The Bertz CT molecular complexity index is 751. The molecule has 168 valence electrons. The lowest BCUT2D eigenvalue weighted by atomic mass is 10.0. The molecule has 1 aromatic rings. The molecule has 0 unspecified atom stereocenters. The molecule has 0 aromatic heterocycles. The van der Waals surface area contributed by atoms with Crippen LogP contribution in [0.4, 0.5) is 26.3 Å². The summed E-state index contributed by atoms with van der Waals surface area (Å²) in [5, 5.41) is 0. The van der Waals surface area contributed by atoms with E-state index >= 15 is 0 Å². The van der Waals surface area contributed by atoms with Crippen LogP contribution in [0.1, 0.15) is 55.7 Å². The topological polar surface area (TPSA) is 52.3 Å². The summed E-state index contributed by atoms with van der Waals surface area (Å²) in [6.07, 6.45) is -1.00. The molecule has 2 N–H and O–H groups in total. The van der Waals surface area contributed by atoms with Gasteiger partial charge in [0.2, 0.25) is 5.91 Å². The van der Waals surface area contributed by atoms with Gasteiger partial charge in [0, 0.05) is 12.7 Å². The van der Waals surface area contributed by atoms with E-state index in [4.69, 9.17) is 10.5 Å². The molecule has 0 saturated heterocycles. The predicted octanol–water partition coefficient (Wildman–Crippen LogP) is 6.18. The van der Waals surface area contributed by atoms with Crippen LogP contribution in [-0.2, 0) is 28.5 Å². The molecule has 0 aliphatic heterocycles. The monoisotopic (exact) mass is 437 g/mol. The fraction of sp³-hybridized carbons (Fsp3) is 0.476. The molecular formula is C21H25F6NO2. The molecule has 0 fully saturated rings. The number of nitrogens with two attached hydrogens (primary N) is 1. The van der Waals surface area contributed by atoms with Crippen molar-refractivity contribution in [2.75, 3.05) is 6.61 Å². The van der Waals surface area contributed by atoms with Gasteiger partial charge in [0.05, 0.1) is 17.7 Å². The number of amides is 1. The zero-order valence-corrected chi connectivity index (χ0v) is 16.6. The molecule has 30 heavy (non-hydrogen) atoms. The van der Waals surface area contributed by atoms with Crippen molar-refractivity contribution in [2.45, 2.75) is 58.0 Å². The van der Waals surface area contributed by atoms with Crippen LogP contribution in [0.5, 0.6) is 0 Å². The first-order valence-electron chi connectivity index (χ1n) is 9.39. The van der Waals surface area contributed by atoms with E-state index in [-0.39, 0.29) is 18.2 Å². The smallest absolute Gasteiger partial charge is 0.377 e. The molecule has 1 aromatic carbocycles. The van der Waals surface area contributed by atoms with Gasteiger partial charge in [-0.05, 0) is 43.9 Å². The van der Waals surface area contributed by atoms with Gasteiger partial charge in [-0.15, -0.1) is 0 Å².